The van der Waals surface area contributed by atoms with E-state index in [4.69, 9.17) is 0 Å². The zero-order chi connectivity index (χ0) is 16.2. The molecule has 6 nitrogen and oxygen atoms in total. The Hall–Kier alpha value is -0.660. The summed E-state index contributed by atoms with van der Waals surface area (Å²) < 4.78 is 24.5. The average molecular weight is 332 g/mol. The molecule has 1 N–H and O–H groups in total. The molecule has 1 aliphatic heterocycles. The topological polar surface area (TPSA) is 77.9 Å². The van der Waals surface area contributed by atoms with Crippen molar-refractivity contribution >= 4 is 15.7 Å². The van der Waals surface area contributed by atoms with Crippen molar-refractivity contribution in [1.29, 1.82) is 0 Å². The van der Waals surface area contributed by atoms with Gasteiger partial charge in [0.2, 0.25) is 5.91 Å². The van der Waals surface area contributed by atoms with E-state index in [1.165, 1.54) is 0 Å². The van der Waals surface area contributed by atoms with E-state index in [9.17, 15) is 18.3 Å². The van der Waals surface area contributed by atoms with Crippen molar-refractivity contribution in [2.24, 2.45) is 0 Å². The van der Waals surface area contributed by atoms with Crippen LogP contribution in [-0.4, -0.2) is 79.1 Å². The van der Waals surface area contributed by atoms with Gasteiger partial charge < -0.3 is 10.0 Å². The maximum Gasteiger partial charge on any atom is 0.237 e. The van der Waals surface area contributed by atoms with Gasteiger partial charge in [-0.3, -0.25) is 9.69 Å². The zero-order valence-electron chi connectivity index (χ0n) is 13.4. The Morgan fingerprint density at radius 2 is 1.77 bits per heavy atom. The van der Waals surface area contributed by atoms with Gasteiger partial charge in [0.15, 0.2) is 9.84 Å². The van der Waals surface area contributed by atoms with Gasteiger partial charge >= 0.3 is 0 Å². The number of rotatable bonds is 6. The number of amides is 1. The first-order valence-electron chi connectivity index (χ1n) is 8.32. The largest absolute Gasteiger partial charge is 0.392 e. The van der Waals surface area contributed by atoms with Crippen molar-refractivity contribution in [2.75, 3.05) is 38.5 Å². The number of aliphatic hydroxyl groups excluding tert-OH is 1. The number of carbonyl (C=O) groups is 1. The van der Waals surface area contributed by atoms with Crippen LogP contribution in [-0.2, 0) is 14.6 Å². The molecule has 0 aromatic carbocycles. The summed E-state index contributed by atoms with van der Waals surface area (Å²) in [5, 5.41) is 9.35. The number of hydrogen-bond acceptors (Lipinski definition) is 5. The van der Waals surface area contributed by atoms with Crippen LogP contribution in [0.15, 0.2) is 0 Å². The molecule has 128 valence electrons. The molecule has 0 bridgehead atoms. The number of β-amino-alcohol motifs (C(OH)–C–C–N with tert-alkyl or cyclic N) is 1. The quantitative estimate of drug-likeness (QED) is 0.755. The smallest absolute Gasteiger partial charge is 0.237 e. The second-order valence-electron chi connectivity index (χ2n) is 6.46. The Kier molecular flexibility index (Phi) is 6.23. The summed E-state index contributed by atoms with van der Waals surface area (Å²) in [4.78, 5) is 16.0. The molecule has 2 rings (SSSR count). The van der Waals surface area contributed by atoms with Gasteiger partial charge in [-0.1, -0.05) is 19.8 Å². The molecule has 1 amide bonds. The Bertz CT molecular complexity index is 466. The van der Waals surface area contributed by atoms with Crippen LogP contribution in [0, 0.1) is 0 Å². The Balaban J connectivity index is 1.80. The molecule has 1 saturated carbocycles. The van der Waals surface area contributed by atoms with E-state index in [0.29, 0.717) is 45.6 Å². The fourth-order valence-electron chi connectivity index (χ4n) is 3.24. The van der Waals surface area contributed by atoms with Gasteiger partial charge in [0.25, 0.3) is 0 Å². The number of piperazine rings is 1. The number of nitrogens with zero attached hydrogens (tertiary/aromatic N) is 2. The van der Waals surface area contributed by atoms with Crippen molar-refractivity contribution in [2.45, 2.75) is 50.4 Å². The van der Waals surface area contributed by atoms with Gasteiger partial charge in [-0.05, 0) is 19.3 Å². The highest BCUT2D eigenvalue weighted by atomic mass is 32.2. The number of carbonyl (C=O) groups excluding carboxylic acids is 1. The lowest BCUT2D eigenvalue weighted by molar-refractivity contribution is -0.130. The highest BCUT2D eigenvalue weighted by Crippen LogP contribution is 2.25. The standard InChI is InChI=1S/C15H28N2O4S/c1-2-13(18)11-16-7-9-17(10-8-16)15(19)12-22(20,21)14-5-3-4-6-14/h13-14,18H,2-12H2,1H3/t13-/m0/s1. The van der Waals surface area contributed by atoms with Crippen LogP contribution in [0.5, 0.6) is 0 Å². The molecular weight excluding hydrogens is 304 g/mol. The Morgan fingerprint density at radius 3 is 2.32 bits per heavy atom. The fraction of sp³-hybridized carbons (Fsp3) is 0.933. The molecule has 1 aliphatic carbocycles. The fourth-order valence-corrected chi connectivity index (χ4v) is 5.05. The highest BCUT2D eigenvalue weighted by Gasteiger charge is 2.33. The molecule has 0 aromatic heterocycles. The molecule has 2 fully saturated rings. The summed E-state index contributed by atoms with van der Waals surface area (Å²) in [6, 6.07) is 0. The summed E-state index contributed by atoms with van der Waals surface area (Å²) in [5.41, 5.74) is 0. The third-order valence-electron chi connectivity index (χ3n) is 4.80. The first kappa shape index (κ1) is 17.7. The molecule has 1 saturated heterocycles. The molecule has 0 spiro atoms. The van der Waals surface area contributed by atoms with E-state index in [-0.39, 0.29) is 23.0 Å². The van der Waals surface area contributed by atoms with Crippen molar-refractivity contribution in [3.05, 3.63) is 0 Å². The van der Waals surface area contributed by atoms with Crippen molar-refractivity contribution in [3.63, 3.8) is 0 Å². The SMILES string of the molecule is CC[C@H](O)CN1CCN(C(=O)CS(=O)(=O)C2CCCC2)CC1. The zero-order valence-corrected chi connectivity index (χ0v) is 14.2. The van der Waals surface area contributed by atoms with Gasteiger partial charge in [-0.15, -0.1) is 0 Å². The Labute approximate surface area is 133 Å². The minimum Gasteiger partial charge on any atom is -0.392 e. The van der Waals surface area contributed by atoms with E-state index in [2.05, 4.69) is 4.90 Å². The average Bonchev–Trinajstić information content (AvgIpc) is 3.02. The predicted molar refractivity (Wildman–Crippen MR) is 85.4 cm³/mol. The number of sulfone groups is 1. The molecule has 1 heterocycles. The summed E-state index contributed by atoms with van der Waals surface area (Å²) >= 11 is 0. The molecule has 22 heavy (non-hydrogen) atoms. The van der Waals surface area contributed by atoms with Crippen LogP contribution < -0.4 is 0 Å². The monoisotopic (exact) mass is 332 g/mol. The minimum atomic E-state index is -3.29. The summed E-state index contributed by atoms with van der Waals surface area (Å²) in [5.74, 6) is -0.600. The van der Waals surface area contributed by atoms with Crippen LogP contribution in [0.4, 0.5) is 0 Å². The van der Waals surface area contributed by atoms with Crippen LogP contribution in [0.3, 0.4) is 0 Å². The number of aliphatic hydroxyl groups is 1. The Morgan fingerprint density at radius 1 is 1.18 bits per heavy atom. The second kappa shape index (κ2) is 7.75. The molecule has 7 heteroatoms. The van der Waals surface area contributed by atoms with Gasteiger partial charge in [0.05, 0.1) is 11.4 Å². The van der Waals surface area contributed by atoms with E-state index in [0.717, 1.165) is 19.3 Å². The van der Waals surface area contributed by atoms with Crippen LogP contribution >= 0.6 is 0 Å². The van der Waals surface area contributed by atoms with Gasteiger partial charge in [0, 0.05) is 32.7 Å². The van der Waals surface area contributed by atoms with Crippen LogP contribution in [0.25, 0.3) is 0 Å². The lowest BCUT2D eigenvalue weighted by Gasteiger charge is -2.35. The molecule has 0 aromatic rings. The van der Waals surface area contributed by atoms with E-state index in [1.54, 1.807) is 4.90 Å². The minimum absolute atomic E-state index is 0.261. The van der Waals surface area contributed by atoms with Crippen LogP contribution in [0.1, 0.15) is 39.0 Å². The first-order chi connectivity index (χ1) is 10.4. The molecule has 2 aliphatic rings. The summed E-state index contributed by atoms with van der Waals surface area (Å²) in [6.45, 7) is 5.07. The summed E-state index contributed by atoms with van der Waals surface area (Å²) in [6.07, 6.45) is 3.72. The molecule has 1 atom stereocenters. The lowest BCUT2D eigenvalue weighted by atomic mass is 10.2. The van der Waals surface area contributed by atoms with E-state index in [1.807, 2.05) is 6.92 Å². The van der Waals surface area contributed by atoms with Crippen molar-refractivity contribution in [1.82, 2.24) is 9.80 Å². The van der Waals surface area contributed by atoms with Gasteiger partial charge in [-0.25, -0.2) is 8.42 Å². The van der Waals surface area contributed by atoms with E-state index >= 15 is 0 Å². The highest BCUT2D eigenvalue weighted by molar-refractivity contribution is 7.92. The van der Waals surface area contributed by atoms with Crippen LogP contribution in [0.2, 0.25) is 0 Å². The van der Waals surface area contributed by atoms with Crippen molar-refractivity contribution < 1.29 is 18.3 Å². The lowest BCUT2D eigenvalue weighted by Crippen LogP contribution is -2.51. The normalized spacial score (nSPS) is 22.9. The molecule has 0 radical (unpaired) electrons. The maximum absolute atomic E-state index is 12.2. The summed E-state index contributed by atoms with van der Waals surface area (Å²) in [7, 11) is -3.29. The van der Waals surface area contributed by atoms with Gasteiger partial charge in [-0.2, -0.15) is 0 Å². The second-order valence-corrected chi connectivity index (χ2v) is 8.74. The predicted octanol–water partition coefficient (Wildman–Crippen LogP) is 0.259. The van der Waals surface area contributed by atoms with Gasteiger partial charge in [0.1, 0.15) is 5.75 Å². The number of hydrogen-bond donors (Lipinski definition) is 1. The third-order valence-corrected chi connectivity index (χ3v) is 6.94. The first-order valence-corrected chi connectivity index (χ1v) is 10.0. The third kappa shape index (κ3) is 4.67. The van der Waals surface area contributed by atoms with E-state index < -0.39 is 9.84 Å². The molecular formula is C15H28N2O4S. The van der Waals surface area contributed by atoms with Crippen molar-refractivity contribution in [3.8, 4) is 0 Å². The maximum atomic E-state index is 12.2. The molecule has 0 unspecified atom stereocenters.